The molecule has 0 saturated carbocycles. The molecule has 37 heavy (non-hydrogen) atoms. The zero-order valence-corrected chi connectivity index (χ0v) is 24.5. The van der Waals surface area contributed by atoms with E-state index < -0.39 is 38.2 Å². The number of fused-ring (bicyclic) bond motifs is 1. The molecule has 3 rings (SSSR count). The number of hydrogen-bond donors (Lipinski definition) is 0. The fourth-order valence-corrected chi connectivity index (χ4v) is 9.99. The second-order valence-electron chi connectivity index (χ2n) is 10.3. The Labute approximate surface area is 223 Å². The average molecular weight is 556 g/mol. The lowest BCUT2D eigenvalue weighted by atomic mass is 10.0. The fourth-order valence-electron chi connectivity index (χ4n) is 5.11. The van der Waals surface area contributed by atoms with Crippen molar-refractivity contribution in [3.8, 4) is 11.9 Å². The molecule has 0 bridgehead atoms. The molecule has 3 heterocycles. The van der Waals surface area contributed by atoms with E-state index in [1.54, 1.807) is 6.92 Å². The van der Waals surface area contributed by atoms with Gasteiger partial charge in [-0.1, -0.05) is 25.9 Å². The van der Waals surface area contributed by atoms with Crippen LogP contribution in [-0.4, -0.2) is 60.1 Å². The van der Waals surface area contributed by atoms with Crippen LogP contribution >= 0.6 is 0 Å². The van der Waals surface area contributed by atoms with Crippen LogP contribution in [0.3, 0.4) is 0 Å². The monoisotopic (exact) mass is 555 g/mol. The summed E-state index contributed by atoms with van der Waals surface area (Å²) in [7, 11) is -3.11. The van der Waals surface area contributed by atoms with Crippen LogP contribution in [0.1, 0.15) is 61.3 Å². The molecule has 0 aromatic carbocycles. The molecule has 2 fully saturated rings. The van der Waals surface area contributed by atoms with Crippen LogP contribution in [0.5, 0.6) is 5.88 Å². The zero-order valence-electron chi connectivity index (χ0n) is 22.6. The molecular formula is C24H39N4O7SSi+. The number of nitriles is 1. The van der Waals surface area contributed by atoms with Gasteiger partial charge in [-0.05, 0) is 57.8 Å². The van der Waals surface area contributed by atoms with Gasteiger partial charge in [0.2, 0.25) is 5.88 Å². The molecule has 1 aromatic heterocycles. The SMILES string of the molecule is CCOc1ccn([C@]2(C#N)O[C@@H]3COO[Si](C(C)C)(C(C)CCC(C)[SH+]C(C)C)O[C@H]3[C@H]2N=O)c(=O)n1. The van der Waals surface area contributed by atoms with Crippen LogP contribution < -0.4 is 10.4 Å². The summed E-state index contributed by atoms with van der Waals surface area (Å²) in [6.45, 7) is 14.8. The first-order valence-electron chi connectivity index (χ1n) is 12.9. The Kier molecular flexibility index (Phi) is 9.93. The summed E-state index contributed by atoms with van der Waals surface area (Å²) in [5.41, 5.74) is -2.85. The highest BCUT2D eigenvalue weighted by molar-refractivity contribution is 7.79. The van der Waals surface area contributed by atoms with Crippen LogP contribution in [-0.2, 0) is 36.1 Å². The molecule has 11 nitrogen and oxygen atoms in total. The van der Waals surface area contributed by atoms with E-state index in [4.69, 9.17) is 23.4 Å². The molecule has 3 unspecified atom stereocenters. The Morgan fingerprint density at radius 3 is 2.62 bits per heavy atom. The molecule has 2 saturated heterocycles. The summed E-state index contributed by atoms with van der Waals surface area (Å²) in [5, 5.41) is 14.6. The molecule has 0 aliphatic carbocycles. The van der Waals surface area contributed by atoms with Gasteiger partial charge in [0.15, 0.2) is 6.04 Å². The lowest BCUT2D eigenvalue weighted by Crippen LogP contribution is -2.55. The topological polar surface area (TPSA) is 134 Å². The minimum Gasteiger partial charge on any atom is -0.478 e. The van der Waals surface area contributed by atoms with Crippen LogP contribution in [0, 0.1) is 16.2 Å². The van der Waals surface area contributed by atoms with Crippen molar-refractivity contribution in [2.75, 3.05) is 13.2 Å². The number of nitroso groups, excluding NO2 is 1. The van der Waals surface area contributed by atoms with Gasteiger partial charge in [0.1, 0.15) is 35.4 Å². The van der Waals surface area contributed by atoms with Crippen molar-refractivity contribution in [2.45, 2.75) is 107 Å². The molecule has 2 aliphatic heterocycles. The second kappa shape index (κ2) is 12.4. The van der Waals surface area contributed by atoms with E-state index in [1.807, 2.05) is 19.9 Å². The molecule has 0 amide bonds. The summed E-state index contributed by atoms with van der Waals surface area (Å²) in [6, 6.07) is 2.11. The first kappa shape index (κ1) is 29.7. The van der Waals surface area contributed by atoms with E-state index in [9.17, 15) is 15.0 Å². The van der Waals surface area contributed by atoms with Gasteiger partial charge in [0, 0.05) is 17.8 Å². The molecule has 2 aliphatic rings. The van der Waals surface area contributed by atoms with Gasteiger partial charge in [-0.2, -0.15) is 15.2 Å². The Balaban J connectivity index is 1.94. The standard InChI is InChI=1S/C24H38N4O7SSi/c1-8-31-20-11-12-28(23(29)26-20)24(14-25)22(27-30)21-19(33-24)13-32-35-37(34-21,16(4)5)18(7)10-9-17(6)36-15(2)3/h11-12,15-19,21-22H,8-10,13H2,1-7H3/p+1/t17?,18?,19-,21-,22-,24-,37?/m1/s1. The fraction of sp³-hybridized carbons (Fsp3) is 0.792. The molecule has 1 aromatic rings. The second-order valence-corrected chi connectivity index (χ2v) is 16.5. The minimum absolute atomic E-state index is 0.0234. The normalized spacial score (nSPS) is 31.4. The molecule has 206 valence electrons. The Morgan fingerprint density at radius 2 is 2.05 bits per heavy atom. The maximum Gasteiger partial charge on any atom is 0.380 e. The van der Waals surface area contributed by atoms with E-state index in [2.05, 4.69) is 37.9 Å². The highest BCUT2D eigenvalue weighted by atomic mass is 32.2. The lowest BCUT2D eigenvalue weighted by Gasteiger charge is -2.38. The summed E-state index contributed by atoms with van der Waals surface area (Å²) < 4.78 is 25.1. The third-order valence-corrected chi connectivity index (χ3v) is 12.6. The summed E-state index contributed by atoms with van der Waals surface area (Å²) in [5.74, 6) is 0.110. The number of aromatic nitrogens is 2. The van der Waals surface area contributed by atoms with Gasteiger partial charge >= 0.3 is 14.3 Å². The molecule has 0 N–H and O–H groups in total. The van der Waals surface area contributed by atoms with E-state index in [1.165, 1.54) is 24.0 Å². The third-order valence-electron chi connectivity index (χ3n) is 6.91. The number of hydrogen-bond acceptors (Lipinski definition) is 10. The van der Waals surface area contributed by atoms with E-state index in [0.717, 1.165) is 17.4 Å². The van der Waals surface area contributed by atoms with Gasteiger partial charge in [-0.25, -0.2) is 9.68 Å². The average Bonchev–Trinajstić information content (AvgIpc) is 3.00. The molecule has 13 heteroatoms. The Bertz CT molecular complexity index is 1040. The lowest BCUT2D eigenvalue weighted by molar-refractivity contribution is -0.244. The predicted octanol–water partition coefficient (Wildman–Crippen LogP) is 3.33. The van der Waals surface area contributed by atoms with Crippen LogP contribution in [0.15, 0.2) is 22.2 Å². The molecule has 0 spiro atoms. The van der Waals surface area contributed by atoms with Gasteiger partial charge in [-0.15, -0.1) is 0 Å². The van der Waals surface area contributed by atoms with Crippen molar-refractivity contribution in [2.24, 2.45) is 5.18 Å². The van der Waals surface area contributed by atoms with Crippen molar-refractivity contribution in [3.63, 3.8) is 0 Å². The zero-order chi connectivity index (χ0) is 27.4. The quantitative estimate of drug-likeness (QED) is 0.132. The van der Waals surface area contributed by atoms with Crippen molar-refractivity contribution >= 4 is 20.3 Å². The first-order valence-corrected chi connectivity index (χ1v) is 15.9. The highest BCUT2D eigenvalue weighted by Crippen LogP contribution is 2.46. The Morgan fingerprint density at radius 1 is 1.32 bits per heavy atom. The van der Waals surface area contributed by atoms with Crippen molar-refractivity contribution in [3.05, 3.63) is 27.7 Å². The van der Waals surface area contributed by atoms with Crippen molar-refractivity contribution in [1.29, 1.82) is 5.26 Å². The van der Waals surface area contributed by atoms with Gasteiger partial charge < -0.3 is 13.9 Å². The highest BCUT2D eigenvalue weighted by Gasteiger charge is 2.65. The summed E-state index contributed by atoms with van der Waals surface area (Å²) in [6.07, 6.45) is 1.40. The maximum atomic E-state index is 12.9. The number of thiol groups is 1. The smallest absolute Gasteiger partial charge is 0.380 e. The maximum absolute atomic E-state index is 12.9. The van der Waals surface area contributed by atoms with Gasteiger partial charge in [0.05, 0.1) is 6.61 Å². The number of ether oxygens (including phenoxy) is 2. The first-order chi connectivity index (χ1) is 17.5. The minimum atomic E-state index is -3.11. The van der Waals surface area contributed by atoms with Crippen molar-refractivity contribution in [1.82, 2.24) is 9.55 Å². The summed E-state index contributed by atoms with van der Waals surface area (Å²) in [4.78, 5) is 34.7. The van der Waals surface area contributed by atoms with Crippen LogP contribution in [0.25, 0.3) is 0 Å². The molecule has 7 atom stereocenters. The number of rotatable bonds is 11. The van der Waals surface area contributed by atoms with E-state index >= 15 is 0 Å². The van der Waals surface area contributed by atoms with Gasteiger partial charge in [-0.3, -0.25) is 9.14 Å². The van der Waals surface area contributed by atoms with E-state index in [0.29, 0.717) is 17.1 Å². The van der Waals surface area contributed by atoms with E-state index in [-0.39, 0.29) is 23.6 Å². The Hall–Kier alpha value is -1.82. The van der Waals surface area contributed by atoms with Crippen LogP contribution in [0.4, 0.5) is 0 Å². The molecule has 0 radical (unpaired) electrons. The predicted molar refractivity (Wildman–Crippen MR) is 142 cm³/mol. The van der Waals surface area contributed by atoms with Crippen molar-refractivity contribution < 1.29 is 23.4 Å². The van der Waals surface area contributed by atoms with Gasteiger partial charge in [0.25, 0.3) is 5.72 Å². The molecular weight excluding hydrogens is 516 g/mol. The largest absolute Gasteiger partial charge is 0.478 e. The summed E-state index contributed by atoms with van der Waals surface area (Å²) >= 11 is 1.40. The number of nitrogens with zero attached hydrogens (tertiary/aromatic N) is 4. The third kappa shape index (κ3) is 5.94. The van der Waals surface area contributed by atoms with Crippen LogP contribution in [0.2, 0.25) is 11.1 Å².